The summed E-state index contributed by atoms with van der Waals surface area (Å²) in [7, 11) is 0. The molecule has 0 aliphatic heterocycles. The molecule has 32 heavy (non-hydrogen) atoms. The van der Waals surface area contributed by atoms with Crippen LogP contribution in [0.1, 0.15) is 48.1 Å². The first-order valence-electron chi connectivity index (χ1n) is 11.3. The summed E-state index contributed by atoms with van der Waals surface area (Å²) in [5.74, 6) is 1.01. The zero-order valence-corrected chi connectivity index (χ0v) is 19.1. The van der Waals surface area contributed by atoms with E-state index in [1.54, 1.807) is 0 Å². The zero-order valence-electron chi connectivity index (χ0n) is 19.1. The number of hydrogen-bond acceptors (Lipinski definition) is 2. The fraction of sp³-hybridized carbons (Fsp3) is 0.286. The molecule has 3 aromatic carbocycles. The highest BCUT2D eigenvalue weighted by Crippen LogP contribution is 2.22. The fourth-order valence-electron chi connectivity index (χ4n) is 3.97. The Morgan fingerprint density at radius 1 is 0.875 bits per heavy atom. The van der Waals surface area contributed by atoms with Crippen LogP contribution in [-0.4, -0.2) is 22.0 Å². The molecule has 1 aromatic heterocycles. The molecule has 0 fully saturated rings. The maximum absolute atomic E-state index is 12.7. The van der Waals surface area contributed by atoms with Crippen LogP contribution in [0.25, 0.3) is 11.0 Å². The van der Waals surface area contributed by atoms with Gasteiger partial charge in [0.2, 0.25) is 0 Å². The minimum Gasteiger partial charge on any atom is -0.350 e. The van der Waals surface area contributed by atoms with Crippen LogP contribution in [-0.2, 0) is 24.8 Å². The molecule has 0 radical (unpaired) electrons. The van der Waals surface area contributed by atoms with Crippen molar-refractivity contribution in [3.63, 3.8) is 0 Å². The van der Waals surface area contributed by atoms with Crippen molar-refractivity contribution < 1.29 is 4.79 Å². The molecule has 0 unspecified atom stereocenters. The van der Waals surface area contributed by atoms with Gasteiger partial charge in [0.15, 0.2) is 0 Å². The van der Waals surface area contributed by atoms with Crippen LogP contribution in [0.5, 0.6) is 0 Å². The monoisotopic (exact) mass is 425 g/mol. The highest BCUT2D eigenvalue weighted by molar-refractivity contribution is 5.94. The minimum absolute atomic E-state index is 0.0410. The number of imidazole rings is 1. The Morgan fingerprint density at radius 2 is 1.56 bits per heavy atom. The zero-order chi connectivity index (χ0) is 22.6. The van der Waals surface area contributed by atoms with Crippen LogP contribution in [0.2, 0.25) is 0 Å². The van der Waals surface area contributed by atoms with Crippen molar-refractivity contribution in [1.82, 2.24) is 14.9 Å². The lowest BCUT2D eigenvalue weighted by Crippen LogP contribution is -2.27. The van der Waals surface area contributed by atoms with Gasteiger partial charge < -0.3 is 9.88 Å². The molecule has 4 heteroatoms. The Bertz CT molecular complexity index is 1190. The van der Waals surface area contributed by atoms with Gasteiger partial charge >= 0.3 is 0 Å². The number of nitrogens with zero attached hydrogens (tertiary/aromatic N) is 2. The number of hydrogen-bond donors (Lipinski definition) is 1. The van der Waals surface area contributed by atoms with Gasteiger partial charge in [0.1, 0.15) is 5.82 Å². The molecule has 0 saturated heterocycles. The summed E-state index contributed by atoms with van der Waals surface area (Å²) in [6, 6.07) is 26.6. The Hall–Kier alpha value is -3.40. The molecule has 164 valence electrons. The predicted molar refractivity (Wildman–Crippen MR) is 131 cm³/mol. The summed E-state index contributed by atoms with van der Waals surface area (Å²) in [6.07, 6.45) is 1.80. The lowest BCUT2D eigenvalue weighted by molar-refractivity contribution is 0.0952. The molecule has 4 rings (SSSR count). The van der Waals surface area contributed by atoms with Gasteiger partial charge in [-0.3, -0.25) is 4.79 Å². The van der Waals surface area contributed by atoms with E-state index in [-0.39, 0.29) is 11.3 Å². The molecule has 1 amide bonds. The molecule has 4 aromatic rings. The Balaban J connectivity index is 1.43. The summed E-state index contributed by atoms with van der Waals surface area (Å²) in [5.41, 5.74) is 5.41. The van der Waals surface area contributed by atoms with Crippen LogP contribution in [0.3, 0.4) is 0 Å². The number of amides is 1. The molecular formula is C28H31N3O. The molecule has 1 heterocycles. The van der Waals surface area contributed by atoms with Crippen molar-refractivity contribution in [3.05, 3.63) is 101 Å². The number of aryl methyl sites for hydroxylation is 2. The molecule has 4 nitrogen and oxygen atoms in total. The van der Waals surface area contributed by atoms with E-state index in [0.29, 0.717) is 18.7 Å². The normalized spacial score (nSPS) is 11.6. The standard InChI is InChI=1S/C28H31N3O/c1-28(2,3)23-16-14-22(15-17-23)27(32)29-19-20-31-25-12-8-7-11-24(25)30-26(31)18-13-21-9-5-4-6-10-21/h4-12,14-17H,13,18-20H2,1-3H3,(H,29,32). The molecular weight excluding hydrogens is 394 g/mol. The predicted octanol–water partition coefficient (Wildman–Crippen LogP) is 5.55. The van der Waals surface area contributed by atoms with E-state index < -0.39 is 0 Å². The van der Waals surface area contributed by atoms with Gasteiger partial charge in [0, 0.05) is 25.1 Å². The summed E-state index contributed by atoms with van der Waals surface area (Å²) in [6.45, 7) is 7.77. The maximum atomic E-state index is 12.7. The van der Waals surface area contributed by atoms with Crippen molar-refractivity contribution in [2.75, 3.05) is 6.54 Å². The van der Waals surface area contributed by atoms with Crippen LogP contribution >= 0.6 is 0 Å². The quantitative estimate of drug-likeness (QED) is 0.422. The smallest absolute Gasteiger partial charge is 0.251 e. The van der Waals surface area contributed by atoms with Gasteiger partial charge in [-0.25, -0.2) is 4.98 Å². The van der Waals surface area contributed by atoms with E-state index >= 15 is 0 Å². The number of rotatable bonds is 7. The fourth-order valence-corrected chi connectivity index (χ4v) is 3.97. The van der Waals surface area contributed by atoms with Gasteiger partial charge in [-0.1, -0.05) is 75.4 Å². The first-order valence-corrected chi connectivity index (χ1v) is 11.3. The summed E-state index contributed by atoms with van der Waals surface area (Å²) < 4.78 is 2.24. The highest BCUT2D eigenvalue weighted by Gasteiger charge is 2.15. The number of nitrogens with one attached hydrogen (secondary N) is 1. The van der Waals surface area contributed by atoms with E-state index in [1.165, 1.54) is 11.1 Å². The molecule has 1 N–H and O–H groups in total. The van der Waals surface area contributed by atoms with Gasteiger partial charge in [0.25, 0.3) is 5.91 Å². The molecule has 0 bridgehead atoms. The Kier molecular flexibility index (Phi) is 6.40. The number of carbonyl (C=O) groups excluding carboxylic acids is 1. The van der Waals surface area contributed by atoms with Crippen molar-refractivity contribution >= 4 is 16.9 Å². The minimum atomic E-state index is -0.0410. The topological polar surface area (TPSA) is 46.9 Å². The third-order valence-corrected chi connectivity index (χ3v) is 5.85. The Labute approximate surface area is 190 Å². The third-order valence-electron chi connectivity index (χ3n) is 5.85. The van der Waals surface area contributed by atoms with Crippen molar-refractivity contribution in [2.24, 2.45) is 0 Å². The van der Waals surface area contributed by atoms with Gasteiger partial charge in [-0.2, -0.15) is 0 Å². The van der Waals surface area contributed by atoms with Crippen molar-refractivity contribution in [3.8, 4) is 0 Å². The summed E-state index contributed by atoms with van der Waals surface area (Å²) in [4.78, 5) is 17.5. The van der Waals surface area contributed by atoms with Crippen molar-refractivity contribution in [1.29, 1.82) is 0 Å². The number of benzene rings is 3. The van der Waals surface area contributed by atoms with Crippen LogP contribution in [0.15, 0.2) is 78.9 Å². The second kappa shape index (κ2) is 9.39. The maximum Gasteiger partial charge on any atom is 0.251 e. The average molecular weight is 426 g/mol. The molecule has 0 atom stereocenters. The number of aromatic nitrogens is 2. The summed E-state index contributed by atoms with van der Waals surface area (Å²) >= 11 is 0. The third kappa shape index (κ3) is 5.08. The van der Waals surface area contributed by atoms with E-state index in [0.717, 1.165) is 29.7 Å². The molecule has 0 aliphatic carbocycles. The number of carbonyl (C=O) groups is 1. The summed E-state index contributed by atoms with van der Waals surface area (Å²) in [5, 5.41) is 3.07. The van der Waals surface area contributed by atoms with Crippen LogP contribution in [0.4, 0.5) is 0 Å². The van der Waals surface area contributed by atoms with E-state index in [4.69, 9.17) is 4.98 Å². The SMILES string of the molecule is CC(C)(C)c1ccc(C(=O)NCCn2c(CCc3ccccc3)nc3ccccc32)cc1. The first kappa shape index (κ1) is 21.8. The highest BCUT2D eigenvalue weighted by atomic mass is 16.1. The molecule has 0 spiro atoms. The lowest BCUT2D eigenvalue weighted by atomic mass is 9.87. The second-order valence-electron chi connectivity index (χ2n) is 9.24. The first-order chi connectivity index (χ1) is 15.4. The molecule has 0 saturated carbocycles. The van der Waals surface area contributed by atoms with Crippen LogP contribution in [0, 0.1) is 0 Å². The number of para-hydroxylation sites is 2. The van der Waals surface area contributed by atoms with Gasteiger partial charge in [-0.15, -0.1) is 0 Å². The van der Waals surface area contributed by atoms with Crippen molar-refractivity contribution in [2.45, 2.75) is 45.6 Å². The number of fused-ring (bicyclic) bond motifs is 1. The van der Waals surface area contributed by atoms with E-state index in [2.05, 4.69) is 61.0 Å². The van der Waals surface area contributed by atoms with Gasteiger partial charge in [0.05, 0.1) is 11.0 Å². The average Bonchev–Trinajstić information content (AvgIpc) is 3.15. The van der Waals surface area contributed by atoms with E-state index in [9.17, 15) is 4.79 Å². The largest absolute Gasteiger partial charge is 0.350 e. The molecule has 0 aliphatic rings. The Morgan fingerprint density at radius 3 is 2.28 bits per heavy atom. The van der Waals surface area contributed by atoms with Crippen LogP contribution < -0.4 is 5.32 Å². The van der Waals surface area contributed by atoms with E-state index in [1.807, 2.05) is 48.5 Å². The second-order valence-corrected chi connectivity index (χ2v) is 9.24. The lowest BCUT2D eigenvalue weighted by Gasteiger charge is -2.19. The van der Waals surface area contributed by atoms with Gasteiger partial charge in [-0.05, 0) is 47.2 Å².